The summed E-state index contributed by atoms with van der Waals surface area (Å²) in [6, 6.07) is -0.412. The molecule has 0 spiro atoms. The number of nitrogens with zero attached hydrogens (tertiary/aromatic N) is 1. The molecule has 0 unspecified atom stereocenters. The van der Waals surface area contributed by atoms with Crippen molar-refractivity contribution in [3.05, 3.63) is 0 Å². The minimum absolute atomic E-state index is 0.301. The molecule has 1 atom stereocenters. The van der Waals surface area contributed by atoms with Gasteiger partial charge in [0, 0.05) is 21.3 Å². The van der Waals surface area contributed by atoms with Crippen molar-refractivity contribution in [2.45, 2.75) is 38.0 Å². The summed E-state index contributed by atoms with van der Waals surface area (Å²) in [5, 5.41) is 2.69. The summed E-state index contributed by atoms with van der Waals surface area (Å²) in [7, 11) is 4.37. The normalized spacial score (nSPS) is 24.6. The Morgan fingerprint density at radius 1 is 1.35 bits per heavy atom. The molecule has 0 bridgehead atoms. The molecule has 1 aliphatic heterocycles. The summed E-state index contributed by atoms with van der Waals surface area (Å²) in [6.07, 6.45) is 1.47. The van der Waals surface area contributed by atoms with E-state index in [9.17, 15) is 9.59 Å². The smallest absolute Gasteiger partial charge is 0.324 e. The molecule has 6 nitrogen and oxygen atoms in total. The van der Waals surface area contributed by atoms with Crippen LogP contribution < -0.4 is 5.32 Å². The maximum Gasteiger partial charge on any atom is 0.324 e. The molecule has 6 heteroatoms. The molecule has 1 saturated heterocycles. The summed E-state index contributed by atoms with van der Waals surface area (Å²) in [6.45, 7) is 2.02. The SMILES string of the molecule is CCCC[C@@]1(C(OC)OC)NC(=O)N(C)C1=O. The lowest BCUT2D eigenvalue weighted by Crippen LogP contribution is -2.57. The topological polar surface area (TPSA) is 67.9 Å². The number of methoxy groups -OCH3 is 2. The van der Waals surface area contributed by atoms with Gasteiger partial charge in [0.25, 0.3) is 5.91 Å². The Kier molecular flexibility index (Phi) is 4.47. The average Bonchev–Trinajstić information content (AvgIpc) is 2.54. The van der Waals surface area contributed by atoms with Gasteiger partial charge in [-0.25, -0.2) is 4.79 Å². The summed E-state index contributed by atoms with van der Waals surface area (Å²) >= 11 is 0. The van der Waals surface area contributed by atoms with E-state index in [1.54, 1.807) is 0 Å². The third kappa shape index (κ3) is 2.28. The number of likely N-dealkylation sites (N-methyl/N-ethyl adjacent to an activating group) is 1. The first-order valence-electron chi connectivity index (χ1n) is 5.69. The minimum Gasteiger partial charge on any atom is -0.353 e. The van der Waals surface area contributed by atoms with Gasteiger partial charge in [-0.05, 0) is 6.42 Å². The van der Waals surface area contributed by atoms with Gasteiger partial charge in [0.05, 0.1) is 0 Å². The zero-order valence-corrected chi connectivity index (χ0v) is 10.8. The molecule has 0 saturated carbocycles. The van der Waals surface area contributed by atoms with Crippen molar-refractivity contribution in [1.29, 1.82) is 0 Å². The van der Waals surface area contributed by atoms with Crippen LogP contribution in [0.25, 0.3) is 0 Å². The molecule has 3 amide bonds. The number of rotatable bonds is 6. The number of imide groups is 1. The maximum atomic E-state index is 12.2. The summed E-state index contributed by atoms with van der Waals surface area (Å²) < 4.78 is 10.3. The lowest BCUT2D eigenvalue weighted by atomic mass is 9.91. The predicted octanol–water partition coefficient (Wildman–Crippen LogP) is 0.716. The highest BCUT2D eigenvalue weighted by Gasteiger charge is 2.55. The van der Waals surface area contributed by atoms with Crippen LogP contribution in [0.5, 0.6) is 0 Å². The first-order chi connectivity index (χ1) is 8.03. The zero-order valence-electron chi connectivity index (χ0n) is 10.8. The molecule has 98 valence electrons. The minimum atomic E-state index is -1.09. The summed E-state index contributed by atoms with van der Waals surface area (Å²) in [5.41, 5.74) is -1.09. The lowest BCUT2D eigenvalue weighted by molar-refractivity contribution is -0.169. The Bertz CT molecular complexity index is 304. The van der Waals surface area contributed by atoms with E-state index in [0.717, 1.165) is 17.7 Å². The van der Waals surface area contributed by atoms with E-state index in [0.29, 0.717) is 6.42 Å². The molecule has 1 fully saturated rings. The Morgan fingerprint density at radius 2 is 1.94 bits per heavy atom. The number of unbranched alkanes of at least 4 members (excludes halogenated alkanes) is 1. The van der Waals surface area contributed by atoms with Gasteiger partial charge in [0.15, 0.2) is 11.8 Å². The van der Waals surface area contributed by atoms with Gasteiger partial charge < -0.3 is 14.8 Å². The number of carbonyl (C=O) groups excluding carboxylic acids is 2. The number of hydrogen-bond acceptors (Lipinski definition) is 4. The van der Waals surface area contributed by atoms with E-state index in [1.807, 2.05) is 6.92 Å². The second-order valence-electron chi connectivity index (χ2n) is 4.17. The molecular weight excluding hydrogens is 224 g/mol. The van der Waals surface area contributed by atoms with Gasteiger partial charge in [0.2, 0.25) is 0 Å². The first kappa shape index (κ1) is 13.9. The Balaban J connectivity index is 3.02. The number of hydrogen-bond donors (Lipinski definition) is 1. The Morgan fingerprint density at radius 3 is 2.29 bits per heavy atom. The largest absolute Gasteiger partial charge is 0.353 e. The van der Waals surface area contributed by atoms with E-state index in [-0.39, 0.29) is 5.91 Å². The molecule has 1 heterocycles. The second-order valence-corrected chi connectivity index (χ2v) is 4.17. The van der Waals surface area contributed by atoms with Crippen LogP contribution in [0.3, 0.4) is 0 Å². The van der Waals surface area contributed by atoms with Crippen molar-refractivity contribution >= 4 is 11.9 Å². The van der Waals surface area contributed by atoms with E-state index < -0.39 is 17.9 Å². The van der Waals surface area contributed by atoms with E-state index in [1.165, 1.54) is 21.3 Å². The number of carbonyl (C=O) groups is 2. The quantitative estimate of drug-likeness (QED) is 0.552. The van der Waals surface area contributed by atoms with Crippen LogP contribution in [0.4, 0.5) is 4.79 Å². The Labute approximate surface area is 101 Å². The number of nitrogens with one attached hydrogen (secondary N) is 1. The first-order valence-corrected chi connectivity index (χ1v) is 5.69. The Hall–Kier alpha value is -1.14. The highest BCUT2D eigenvalue weighted by molar-refractivity contribution is 6.07. The fourth-order valence-electron chi connectivity index (χ4n) is 2.12. The van der Waals surface area contributed by atoms with Crippen LogP contribution in [-0.2, 0) is 14.3 Å². The van der Waals surface area contributed by atoms with E-state index >= 15 is 0 Å². The van der Waals surface area contributed by atoms with Gasteiger partial charge in [-0.3, -0.25) is 9.69 Å². The van der Waals surface area contributed by atoms with Crippen molar-refractivity contribution in [2.75, 3.05) is 21.3 Å². The highest BCUT2D eigenvalue weighted by Crippen LogP contribution is 2.28. The predicted molar refractivity (Wildman–Crippen MR) is 61.4 cm³/mol. The van der Waals surface area contributed by atoms with Gasteiger partial charge in [-0.1, -0.05) is 19.8 Å². The second kappa shape index (κ2) is 5.46. The molecule has 0 aromatic heterocycles. The molecule has 0 aromatic rings. The summed E-state index contributed by atoms with van der Waals surface area (Å²) in [4.78, 5) is 24.8. The fraction of sp³-hybridized carbons (Fsp3) is 0.818. The van der Waals surface area contributed by atoms with Gasteiger partial charge >= 0.3 is 6.03 Å². The van der Waals surface area contributed by atoms with E-state index in [2.05, 4.69) is 5.32 Å². The van der Waals surface area contributed by atoms with Crippen LogP contribution in [0, 0.1) is 0 Å². The standard InChI is InChI=1S/C11H20N2O4/c1-5-6-7-11(9(16-3)17-4)8(14)13(2)10(15)12-11/h9H,5-7H2,1-4H3,(H,12,15)/t11-/m1/s1. The van der Waals surface area contributed by atoms with Gasteiger partial charge in [0.1, 0.15) is 0 Å². The monoisotopic (exact) mass is 244 g/mol. The fourth-order valence-corrected chi connectivity index (χ4v) is 2.12. The summed E-state index contributed by atoms with van der Waals surface area (Å²) in [5.74, 6) is -0.301. The van der Waals surface area contributed by atoms with Crippen molar-refractivity contribution in [3.8, 4) is 0 Å². The third-order valence-corrected chi connectivity index (χ3v) is 3.08. The average molecular weight is 244 g/mol. The number of ether oxygens (including phenoxy) is 2. The molecule has 0 aliphatic carbocycles. The highest BCUT2D eigenvalue weighted by atomic mass is 16.7. The molecule has 1 N–H and O–H groups in total. The molecule has 0 aromatic carbocycles. The van der Waals surface area contributed by atoms with Crippen LogP contribution in [-0.4, -0.2) is 49.9 Å². The van der Waals surface area contributed by atoms with Gasteiger partial charge in [-0.2, -0.15) is 0 Å². The lowest BCUT2D eigenvalue weighted by Gasteiger charge is -2.32. The van der Waals surface area contributed by atoms with Crippen LogP contribution in [0.1, 0.15) is 26.2 Å². The van der Waals surface area contributed by atoms with Crippen molar-refractivity contribution in [3.63, 3.8) is 0 Å². The van der Waals surface area contributed by atoms with Gasteiger partial charge in [-0.15, -0.1) is 0 Å². The van der Waals surface area contributed by atoms with Crippen LogP contribution in [0.15, 0.2) is 0 Å². The maximum absolute atomic E-state index is 12.2. The number of urea groups is 1. The number of amides is 3. The van der Waals surface area contributed by atoms with Crippen LogP contribution in [0.2, 0.25) is 0 Å². The van der Waals surface area contributed by atoms with Crippen LogP contribution >= 0.6 is 0 Å². The molecule has 0 radical (unpaired) electrons. The van der Waals surface area contributed by atoms with E-state index in [4.69, 9.17) is 9.47 Å². The van der Waals surface area contributed by atoms with Crippen molar-refractivity contribution in [1.82, 2.24) is 10.2 Å². The molecule has 1 aliphatic rings. The third-order valence-electron chi connectivity index (χ3n) is 3.08. The molecule has 17 heavy (non-hydrogen) atoms. The van der Waals surface area contributed by atoms with Crippen molar-refractivity contribution in [2.24, 2.45) is 0 Å². The molecular formula is C11H20N2O4. The molecule has 1 rings (SSSR count). The van der Waals surface area contributed by atoms with Crippen molar-refractivity contribution < 1.29 is 19.1 Å². The zero-order chi connectivity index (χ0) is 13.1.